The van der Waals surface area contributed by atoms with E-state index >= 15 is 0 Å². The molecule has 5 heteroatoms. The van der Waals surface area contributed by atoms with Gasteiger partial charge in [-0.25, -0.2) is 4.68 Å². The minimum absolute atomic E-state index is 0.0290. The molecule has 0 saturated heterocycles. The van der Waals surface area contributed by atoms with Crippen LogP contribution < -0.4 is 5.32 Å². The number of hydrogen-bond donors (Lipinski definition) is 1. The van der Waals surface area contributed by atoms with Crippen molar-refractivity contribution in [2.24, 2.45) is 0 Å². The Hall–Kier alpha value is -2.14. The molecule has 0 aliphatic carbocycles. The van der Waals surface area contributed by atoms with E-state index < -0.39 is 0 Å². The lowest BCUT2D eigenvalue weighted by Gasteiger charge is -2.10. The molecule has 0 saturated carbocycles. The van der Waals surface area contributed by atoms with Gasteiger partial charge in [-0.15, -0.1) is 0 Å². The van der Waals surface area contributed by atoms with E-state index in [0.717, 1.165) is 30.0 Å². The second-order valence-electron chi connectivity index (χ2n) is 5.80. The van der Waals surface area contributed by atoms with Crippen molar-refractivity contribution in [3.63, 3.8) is 0 Å². The zero-order valence-corrected chi connectivity index (χ0v) is 13.8. The van der Waals surface area contributed by atoms with Crippen LogP contribution in [0, 0.1) is 13.8 Å². The molecule has 1 heterocycles. The molecule has 1 N–H and O–H groups in total. The lowest BCUT2D eigenvalue weighted by molar-refractivity contribution is 0.0952. The maximum atomic E-state index is 12.1. The minimum Gasteiger partial charge on any atom is -0.352 e. The highest BCUT2D eigenvalue weighted by molar-refractivity contribution is 5.94. The minimum atomic E-state index is -0.0290. The lowest BCUT2D eigenvalue weighted by Crippen LogP contribution is -2.27. The fourth-order valence-corrected chi connectivity index (χ4v) is 2.34. The van der Waals surface area contributed by atoms with Crippen molar-refractivity contribution >= 4 is 5.91 Å². The predicted molar refractivity (Wildman–Crippen MR) is 88.5 cm³/mol. The number of amides is 1. The van der Waals surface area contributed by atoms with Crippen LogP contribution in [0.2, 0.25) is 0 Å². The Morgan fingerprint density at radius 1 is 1.23 bits per heavy atom. The highest BCUT2D eigenvalue weighted by atomic mass is 16.1. The molecule has 1 aromatic carbocycles. The van der Waals surface area contributed by atoms with Gasteiger partial charge in [0.05, 0.1) is 11.4 Å². The molecule has 2 aromatic rings. The fraction of sp³-hybridized carbons (Fsp3) is 0.412. The maximum absolute atomic E-state index is 12.1. The van der Waals surface area contributed by atoms with Crippen molar-refractivity contribution in [3.05, 3.63) is 47.3 Å². The van der Waals surface area contributed by atoms with Crippen molar-refractivity contribution in [3.8, 4) is 5.69 Å². The molecule has 1 amide bonds. The van der Waals surface area contributed by atoms with Gasteiger partial charge in [-0.05, 0) is 71.2 Å². The summed E-state index contributed by atoms with van der Waals surface area (Å²) < 4.78 is 1.88. The van der Waals surface area contributed by atoms with Gasteiger partial charge in [-0.2, -0.15) is 5.10 Å². The van der Waals surface area contributed by atoms with Gasteiger partial charge in [0.15, 0.2) is 0 Å². The normalized spacial score (nSPS) is 11.0. The van der Waals surface area contributed by atoms with E-state index in [0.29, 0.717) is 12.1 Å². The summed E-state index contributed by atoms with van der Waals surface area (Å²) in [5, 5.41) is 7.38. The number of nitrogens with one attached hydrogen (secondary N) is 1. The first-order valence-electron chi connectivity index (χ1n) is 7.54. The van der Waals surface area contributed by atoms with Crippen LogP contribution in [-0.2, 0) is 0 Å². The summed E-state index contributed by atoms with van der Waals surface area (Å²) in [7, 11) is 4.05. The molecule has 0 aliphatic heterocycles. The Labute approximate surface area is 131 Å². The lowest BCUT2D eigenvalue weighted by atomic mass is 10.2. The Balaban J connectivity index is 1.97. The summed E-state index contributed by atoms with van der Waals surface area (Å²) in [5.41, 5.74) is 3.71. The Bertz CT molecular complexity index is 629. The highest BCUT2D eigenvalue weighted by Crippen LogP contribution is 2.13. The molecule has 118 valence electrons. The molecule has 0 radical (unpaired) electrons. The third-order valence-corrected chi connectivity index (χ3v) is 3.45. The molecule has 2 rings (SSSR count). The molecular formula is C17H24N4O. The van der Waals surface area contributed by atoms with Gasteiger partial charge in [0.25, 0.3) is 5.91 Å². The summed E-state index contributed by atoms with van der Waals surface area (Å²) in [6.45, 7) is 5.65. The monoisotopic (exact) mass is 300 g/mol. The molecule has 0 fully saturated rings. The van der Waals surface area contributed by atoms with Crippen LogP contribution in [0.4, 0.5) is 0 Å². The average Bonchev–Trinajstić information content (AvgIpc) is 2.82. The SMILES string of the molecule is Cc1cc(C)n(-c2ccc(C(=O)NCCCN(C)C)cc2)n1. The molecule has 0 unspecified atom stereocenters. The van der Waals surface area contributed by atoms with Crippen molar-refractivity contribution in [1.82, 2.24) is 20.0 Å². The van der Waals surface area contributed by atoms with Crippen LogP contribution in [0.3, 0.4) is 0 Å². The molecule has 22 heavy (non-hydrogen) atoms. The quantitative estimate of drug-likeness (QED) is 0.832. The molecular weight excluding hydrogens is 276 g/mol. The molecule has 0 bridgehead atoms. The number of hydrogen-bond acceptors (Lipinski definition) is 3. The molecule has 0 atom stereocenters. The largest absolute Gasteiger partial charge is 0.352 e. The first kappa shape index (κ1) is 16.2. The maximum Gasteiger partial charge on any atom is 0.251 e. The Morgan fingerprint density at radius 3 is 2.45 bits per heavy atom. The number of aromatic nitrogens is 2. The number of rotatable bonds is 6. The van der Waals surface area contributed by atoms with Crippen molar-refractivity contribution in [2.75, 3.05) is 27.2 Å². The van der Waals surface area contributed by atoms with Gasteiger partial charge in [0, 0.05) is 17.8 Å². The topological polar surface area (TPSA) is 50.2 Å². The molecule has 1 aromatic heterocycles. The number of benzene rings is 1. The number of aryl methyl sites for hydroxylation is 2. The van der Waals surface area contributed by atoms with Crippen LogP contribution in [0.25, 0.3) is 5.69 Å². The van der Waals surface area contributed by atoms with Crippen LogP contribution in [-0.4, -0.2) is 47.8 Å². The zero-order valence-electron chi connectivity index (χ0n) is 13.8. The summed E-state index contributed by atoms with van der Waals surface area (Å²) in [4.78, 5) is 14.2. The van der Waals surface area contributed by atoms with E-state index in [1.54, 1.807) is 0 Å². The number of carbonyl (C=O) groups is 1. The van der Waals surface area contributed by atoms with Gasteiger partial charge < -0.3 is 10.2 Å². The molecule has 5 nitrogen and oxygen atoms in total. The van der Waals surface area contributed by atoms with Crippen LogP contribution in [0.15, 0.2) is 30.3 Å². The van der Waals surface area contributed by atoms with Gasteiger partial charge in [0.1, 0.15) is 0 Å². The highest BCUT2D eigenvalue weighted by Gasteiger charge is 2.07. The van der Waals surface area contributed by atoms with Crippen LogP contribution >= 0.6 is 0 Å². The second kappa shape index (κ2) is 7.22. The predicted octanol–water partition coefficient (Wildman–Crippen LogP) is 2.17. The van der Waals surface area contributed by atoms with Crippen molar-refractivity contribution < 1.29 is 4.79 Å². The van der Waals surface area contributed by atoms with Crippen molar-refractivity contribution in [2.45, 2.75) is 20.3 Å². The van der Waals surface area contributed by atoms with E-state index in [4.69, 9.17) is 0 Å². The van der Waals surface area contributed by atoms with Crippen LogP contribution in [0.1, 0.15) is 28.2 Å². The number of nitrogens with zero attached hydrogens (tertiary/aromatic N) is 3. The molecule has 0 aliphatic rings. The Morgan fingerprint density at radius 2 is 1.91 bits per heavy atom. The second-order valence-corrected chi connectivity index (χ2v) is 5.80. The smallest absolute Gasteiger partial charge is 0.251 e. The van der Waals surface area contributed by atoms with Gasteiger partial charge in [-0.3, -0.25) is 4.79 Å². The van der Waals surface area contributed by atoms with Gasteiger partial charge in [-0.1, -0.05) is 0 Å². The first-order chi connectivity index (χ1) is 10.5. The third-order valence-electron chi connectivity index (χ3n) is 3.45. The summed E-state index contributed by atoms with van der Waals surface area (Å²) >= 11 is 0. The average molecular weight is 300 g/mol. The van der Waals surface area contributed by atoms with E-state index in [1.165, 1.54) is 0 Å². The van der Waals surface area contributed by atoms with Crippen LogP contribution in [0.5, 0.6) is 0 Å². The van der Waals surface area contributed by atoms with Gasteiger partial charge >= 0.3 is 0 Å². The fourth-order valence-electron chi connectivity index (χ4n) is 2.34. The standard InChI is InChI=1S/C17H24N4O/c1-13-12-14(2)21(19-13)16-8-6-15(7-9-16)17(22)18-10-5-11-20(3)4/h6-9,12H,5,10-11H2,1-4H3,(H,18,22). The van der Waals surface area contributed by atoms with Gasteiger partial charge in [0.2, 0.25) is 0 Å². The first-order valence-corrected chi connectivity index (χ1v) is 7.54. The summed E-state index contributed by atoms with van der Waals surface area (Å²) in [5.74, 6) is -0.0290. The van der Waals surface area contributed by atoms with Crippen molar-refractivity contribution in [1.29, 1.82) is 0 Å². The molecule has 0 spiro atoms. The van der Waals surface area contributed by atoms with E-state index in [2.05, 4.69) is 15.3 Å². The Kier molecular flexibility index (Phi) is 5.33. The van der Waals surface area contributed by atoms with E-state index in [9.17, 15) is 4.79 Å². The van der Waals surface area contributed by atoms with E-state index in [1.807, 2.05) is 63.0 Å². The zero-order chi connectivity index (χ0) is 16.1. The number of carbonyl (C=O) groups excluding carboxylic acids is 1. The third kappa shape index (κ3) is 4.18. The van der Waals surface area contributed by atoms with E-state index in [-0.39, 0.29) is 5.91 Å². The summed E-state index contributed by atoms with van der Waals surface area (Å²) in [6, 6.07) is 9.56. The summed E-state index contributed by atoms with van der Waals surface area (Å²) in [6.07, 6.45) is 0.947.